The Morgan fingerprint density at radius 1 is 1.50 bits per heavy atom. The number of fused-ring (bicyclic) bond motifs is 1. The standard InChI is InChI=1S/C11H17N/c1-8-2-3-10-7-11(12)5-4-9(10)6-8/h2,6,10-11H,3-5,7,12H2,1H3. The third-order valence-corrected chi connectivity index (χ3v) is 3.05. The van der Waals surface area contributed by atoms with Crippen LogP contribution in [0.1, 0.15) is 32.6 Å². The molecule has 0 amide bonds. The van der Waals surface area contributed by atoms with Crippen LogP contribution in [0.4, 0.5) is 0 Å². The van der Waals surface area contributed by atoms with E-state index in [1.807, 2.05) is 0 Å². The van der Waals surface area contributed by atoms with Gasteiger partial charge in [-0.05, 0) is 38.5 Å². The van der Waals surface area contributed by atoms with E-state index in [-0.39, 0.29) is 0 Å². The molecule has 2 unspecified atom stereocenters. The van der Waals surface area contributed by atoms with Gasteiger partial charge >= 0.3 is 0 Å². The summed E-state index contributed by atoms with van der Waals surface area (Å²) in [4.78, 5) is 0. The first kappa shape index (κ1) is 8.06. The van der Waals surface area contributed by atoms with Gasteiger partial charge in [0.25, 0.3) is 0 Å². The summed E-state index contributed by atoms with van der Waals surface area (Å²) in [6.45, 7) is 2.19. The van der Waals surface area contributed by atoms with Crippen LogP contribution >= 0.6 is 0 Å². The third-order valence-electron chi connectivity index (χ3n) is 3.05. The monoisotopic (exact) mass is 163 g/mol. The van der Waals surface area contributed by atoms with Crippen LogP contribution in [0.3, 0.4) is 0 Å². The van der Waals surface area contributed by atoms with Crippen LogP contribution in [0.2, 0.25) is 0 Å². The first-order chi connectivity index (χ1) is 5.75. The molecule has 1 fully saturated rings. The SMILES string of the molecule is CC1=CCC2CC(N)CCC2=C1. The van der Waals surface area contributed by atoms with E-state index in [9.17, 15) is 0 Å². The molecule has 0 saturated heterocycles. The quantitative estimate of drug-likeness (QED) is 0.583. The second-order valence-electron chi connectivity index (χ2n) is 4.13. The molecule has 0 radical (unpaired) electrons. The Morgan fingerprint density at radius 3 is 3.17 bits per heavy atom. The fourth-order valence-electron chi connectivity index (χ4n) is 2.31. The summed E-state index contributed by atoms with van der Waals surface area (Å²) >= 11 is 0. The van der Waals surface area contributed by atoms with Gasteiger partial charge < -0.3 is 5.73 Å². The fraction of sp³-hybridized carbons (Fsp3) is 0.636. The van der Waals surface area contributed by atoms with Crippen molar-refractivity contribution in [3.63, 3.8) is 0 Å². The van der Waals surface area contributed by atoms with Gasteiger partial charge in [0.15, 0.2) is 0 Å². The van der Waals surface area contributed by atoms with E-state index in [0.29, 0.717) is 6.04 Å². The molecule has 2 aliphatic carbocycles. The first-order valence-corrected chi connectivity index (χ1v) is 4.88. The van der Waals surface area contributed by atoms with E-state index in [2.05, 4.69) is 19.1 Å². The normalized spacial score (nSPS) is 35.2. The highest BCUT2D eigenvalue weighted by Crippen LogP contribution is 2.35. The Balaban J connectivity index is 2.13. The summed E-state index contributed by atoms with van der Waals surface area (Å²) < 4.78 is 0. The van der Waals surface area contributed by atoms with Crippen molar-refractivity contribution in [1.29, 1.82) is 0 Å². The molecule has 0 bridgehead atoms. The maximum absolute atomic E-state index is 5.93. The number of hydrogen-bond donors (Lipinski definition) is 1. The molecular weight excluding hydrogens is 146 g/mol. The summed E-state index contributed by atoms with van der Waals surface area (Å²) in [6.07, 6.45) is 9.56. The van der Waals surface area contributed by atoms with Gasteiger partial charge in [0, 0.05) is 6.04 Å². The van der Waals surface area contributed by atoms with Gasteiger partial charge in [0.05, 0.1) is 0 Å². The molecule has 2 aliphatic rings. The molecule has 2 rings (SSSR count). The third kappa shape index (κ3) is 1.46. The second-order valence-corrected chi connectivity index (χ2v) is 4.13. The molecule has 0 spiro atoms. The van der Waals surface area contributed by atoms with Crippen molar-refractivity contribution in [3.8, 4) is 0 Å². The van der Waals surface area contributed by atoms with E-state index in [1.165, 1.54) is 31.3 Å². The largest absolute Gasteiger partial charge is 0.328 e. The molecule has 0 aromatic carbocycles. The van der Waals surface area contributed by atoms with E-state index in [0.717, 1.165) is 5.92 Å². The van der Waals surface area contributed by atoms with Crippen molar-refractivity contribution in [2.75, 3.05) is 0 Å². The molecule has 2 N–H and O–H groups in total. The van der Waals surface area contributed by atoms with Crippen molar-refractivity contribution in [3.05, 3.63) is 23.3 Å². The van der Waals surface area contributed by atoms with Crippen molar-refractivity contribution in [2.24, 2.45) is 11.7 Å². The molecule has 0 aromatic rings. The predicted molar refractivity (Wildman–Crippen MR) is 51.8 cm³/mol. The van der Waals surface area contributed by atoms with Crippen LogP contribution in [0, 0.1) is 5.92 Å². The number of rotatable bonds is 0. The summed E-state index contributed by atoms with van der Waals surface area (Å²) in [5.74, 6) is 0.775. The minimum atomic E-state index is 0.457. The zero-order valence-corrected chi connectivity index (χ0v) is 7.72. The van der Waals surface area contributed by atoms with Gasteiger partial charge in [-0.15, -0.1) is 0 Å². The van der Waals surface area contributed by atoms with Crippen molar-refractivity contribution >= 4 is 0 Å². The number of nitrogens with two attached hydrogens (primary N) is 1. The average Bonchev–Trinajstić information content (AvgIpc) is 2.05. The van der Waals surface area contributed by atoms with Gasteiger partial charge in [-0.2, -0.15) is 0 Å². The lowest BCUT2D eigenvalue weighted by molar-refractivity contribution is 0.401. The summed E-state index contributed by atoms with van der Waals surface area (Å²) in [5, 5.41) is 0. The fourth-order valence-corrected chi connectivity index (χ4v) is 2.31. The Labute approximate surface area is 74.3 Å². The Morgan fingerprint density at radius 2 is 2.33 bits per heavy atom. The lowest BCUT2D eigenvalue weighted by Crippen LogP contribution is -2.29. The number of hydrogen-bond acceptors (Lipinski definition) is 1. The molecule has 0 aromatic heterocycles. The Bertz CT molecular complexity index is 237. The lowest BCUT2D eigenvalue weighted by Gasteiger charge is -2.31. The first-order valence-electron chi connectivity index (χ1n) is 4.88. The molecule has 66 valence electrons. The molecule has 1 saturated carbocycles. The predicted octanol–water partition coefficient (Wildman–Crippen LogP) is 2.39. The van der Waals surface area contributed by atoms with E-state index < -0.39 is 0 Å². The molecule has 2 atom stereocenters. The summed E-state index contributed by atoms with van der Waals surface area (Å²) in [7, 11) is 0. The molecule has 0 heterocycles. The summed E-state index contributed by atoms with van der Waals surface area (Å²) in [5.41, 5.74) is 9.02. The molecule has 1 heteroatoms. The minimum Gasteiger partial charge on any atom is -0.328 e. The zero-order valence-electron chi connectivity index (χ0n) is 7.72. The van der Waals surface area contributed by atoms with Crippen molar-refractivity contribution in [2.45, 2.75) is 38.6 Å². The minimum absolute atomic E-state index is 0.457. The smallest absolute Gasteiger partial charge is 0.00477 e. The van der Waals surface area contributed by atoms with Crippen LogP contribution in [-0.2, 0) is 0 Å². The molecule has 0 aliphatic heterocycles. The topological polar surface area (TPSA) is 26.0 Å². The van der Waals surface area contributed by atoms with Gasteiger partial charge in [-0.25, -0.2) is 0 Å². The zero-order chi connectivity index (χ0) is 8.55. The van der Waals surface area contributed by atoms with Gasteiger partial charge in [-0.3, -0.25) is 0 Å². The molecule has 12 heavy (non-hydrogen) atoms. The van der Waals surface area contributed by atoms with E-state index in [4.69, 9.17) is 5.73 Å². The number of allylic oxidation sites excluding steroid dienone is 4. The van der Waals surface area contributed by atoms with Crippen LogP contribution in [-0.4, -0.2) is 6.04 Å². The highest BCUT2D eigenvalue weighted by molar-refractivity contribution is 5.29. The Kier molecular flexibility index (Phi) is 2.05. The van der Waals surface area contributed by atoms with E-state index in [1.54, 1.807) is 5.57 Å². The van der Waals surface area contributed by atoms with Crippen LogP contribution in [0.5, 0.6) is 0 Å². The van der Waals surface area contributed by atoms with Gasteiger partial charge in [0.1, 0.15) is 0 Å². The van der Waals surface area contributed by atoms with E-state index >= 15 is 0 Å². The average molecular weight is 163 g/mol. The van der Waals surface area contributed by atoms with Gasteiger partial charge in [0.2, 0.25) is 0 Å². The Hall–Kier alpha value is -0.560. The van der Waals surface area contributed by atoms with Crippen molar-refractivity contribution in [1.82, 2.24) is 0 Å². The van der Waals surface area contributed by atoms with Gasteiger partial charge in [-0.1, -0.05) is 23.3 Å². The van der Waals surface area contributed by atoms with Crippen molar-refractivity contribution < 1.29 is 0 Å². The maximum atomic E-state index is 5.93. The molecule has 1 nitrogen and oxygen atoms in total. The second kappa shape index (κ2) is 3.06. The highest BCUT2D eigenvalue weighted by Gasteiger charge is 2.24. The highest BCUT2D eigenvalue weighted by atomic mass is 14.6. The van der Waals surface area contributed by atoms with Crippen LogP contribution in [0.25, 0.3) is 0 Å². The lowest BCUT2D eigenvalue weighted by atomic mass is 9.77. The summed E-state index contributed by atoms with van der Waals surface area (Å²) in [6, 6.07) is 0.457. The molecular formula is C11H17N. The van der Waals surface area contributed by atoms with Crippen LogP contribution in [0.15, 0.2) is 23.3 Å². The maximum Gasteiger partial charge on any atom is 0.00477 e. The van der Waals surface area contributed by atoms with Crippen LogP contribution < -0.4 is 5.73 Å².